The first-order chi connectivity index (χ1) is 14.5. The molecule has 0 amide bonds. The van der Waals surface area contributed by atoms with Gasteiger partial charge in [0.2, 0.25) is 0 Å². The Morgan fingerprint density at radius 3 is 2.84 bits per heavy atom. The molecule has 31 heavy (non-hydrogen) atoms. The second-order valence-electron chi connectivity index (χ2n) is 8.01. The van der Waals surface area contributed by atoms with Crippen molar-refractivity contribution >= 4 is 13.8 Å². The number of aromatic amines is 1. The van der Waals surface area contributed by atoms with Gasteiger partial charge >= 0.3 is 19.5 Å². The number of esters is 1. The fourth-order valence-electron chi connectivity index (χ4n) is 3.48. The molecule has 13 heteroatoms. The summed E-state index contributed by atoms with van der Waals surface area (Å²) in [5.74, 6) is -0.305. The van der Waals surface area contributed by atoms with Crippen LogP contribution in [-0.4, -0.2) is 52.6 Å². The van der Waals surface area contributed by atoms with E-state index >= 15 is 0 Å². The molecule has 2 aliphatic heterocycles. The third-order valence-electron chi connectivity index (χ3n) is 4.92. The molecule has 5 atom stereocenters. The van der Waals surface area contributed by atoms with Crippen molar-refractivity contribution in [1.82, 2.24) is 9.55 Å². The molecule has 0 unspecified atom stereocenters. The van der Waals surface area contributed by atoms with Crippen LogP contribution in [0.1, 0.15) is 46.3 Å². The lowest BCUT2D eigenvalue weighted by Crippen LogP contribution is -2.55. The first-order valence-electron chi connectivity index (χ1n) is 10.0. The van der Waals surface area contributed by atoms with Gasteiger partial charge in [-0.3, -0.25) is 32.7 Å². The van der Waals surface area contributed by atoms with Gasteiger partial charge in [-0.15, -0.1) is 0 Å². The number of rotatable bonds is 8. The zero-order valence-electron chi connectivity index (χ0n) is 17.6. The van der Waals surface area contributed by atoms with Crippen LogP contribution in [0, 0.1) is 0 Å². The maximum absolute atomic E-state index is 12.9. The number of fused-ring (bicyclic) bond motifs is 1. The van der Waals surface area contributed by atoms with E-state index in [1.165, 1.54) is 12.3 Å². The Hall–Kier alpha value is -1.82. The van der Waals surface area contributed by atoms with E-state index in [1.807, 2.05) is 0 Å². The third kappa shape index (κ3) is 5.51. The number of phosphoric ester groups is 1. The molecule has 0 aromatic carbocycles. The molecular weight excluding hydrogens is 433 g/mol. The molecule has 174 valence electrons. The molecule has 3 heterocycles. The normalized spacial score (nSPS) is 32.7. The summed E-state index contributed by atoms with van der Waals surface area (Å²) in [6.45, 7) is 5.08. The number of aromatic nitrogens is 2. The predicted molar refractivity (Wildman–Crippen MR) is 107 cm³/mol. The number of ether oxygens (including phenoxy) is 2. The largest absolute Gasteiger partial charge is 0.475 e. The fraction of sp³-hybridized carbons (Fsp3) is 0.722. The van der Waals surface area contributed by atoms with Crippen molar-refractivity contribution in [2.45, 2.75) is 70.1 Å². The number of nitrogens with two attached hydrogens (primary N) is 1. The number of hydrogen-bond acceptors (Lipinski definition) is 10. The standard InChI is InChI=1S/C18H28N3O9P/c1-11(2)28-14(23)6-4-5-9-26-31(25)27-10-12-15(30-31)18(3,19)16(29-12)21-8-7-13(22)20-17(21)24/h7-8,11-12,15-16H,4-6,9-10,19H2,1-3H3,(H,20,22,24)/t12-,15-,16-,18-,31+/m1/s1. The van der Waals surface area contributed by atoms with Crippen LogP contribution in [0.5, 0.6) is 0 Å². The summed E-state index contributed by atoms with van der Waals surface area (Å²) in [5, 5.41) is 0. The van der Waals surface area contributed by atoms with Crippen molar-refractivity contribution in [3.8, 4) is 0 Å². The van der Waals surface area contributed by atoms with Crippen LogP contribution < -0.4 is 17.0 Å². The zero-order valence-corrected chi connectivity index (χ0v) is 18.5. The highest BCUT2D eigenvalue weighted by Gasteiger charge is 2.59. The quantitative estimate of drug-likeness (QED) is 0.322. The summed E-state index contributed by atoms with van der Waals surface area (Å²) >= 11 is 0. The summed E-state index contributed by atoms with van der Waals surface area (Å²) in [5.41, 5.74) is 3.89. The first kappa shape index (κ1) is 23.8. The molecule has 0 radical (unpaired) electrons. The number of unbranched alkanes of at least 4 members (excludes halogenated alkanes) is 1. The summed E-state index contributed by atoms with van der Waals surface area (Å²) in [6, 6.07) is 1.17. The van der Waals surface area contributed by atoms with Crippen molar-refractivity contribution in [3.05, 3.63) is 33.1 Å². The van der Waals surface area contributed by atoms with Gasteiger partial charge in [0.25, 0.3) is 5.56 Å². The Morgan fingerprint density at radius 1 is 1.42 bits per heavy atom. The Labute approximate surface area is 178 Å². The Bertz CT molecular complexity index is 957. The predicted octanol–water partition coefficient (Wildman–Crippen LogP) is 0.813. The highest BCUT2D eigenvalue weighted by Crippen LogP contribution is 2.58. The van der Waals surface area contributed by atoms with E-state index in [-0.39, 0.29) is 31.7 Å². The van der Waals surface area contributed by atoms with E-state index < -0.39 is 43.0 Å². The molecule has 0 spiro atoms. The maximum Gasteiger partial charge on any atom is 0.475 e. The van der Waals surface area contributed by atoms with E-state index in [0.29, 0.717) is 12.8 Å². The minimum absolute atomic E-state index is 0.0502. The van der Waals surface area contributed by atoms with Gasteiger partial charge in [0.15, 0.2) is 6.23 Å². The van der Waals surface area contributed by atoms with Gasteiger partial charge in [-0.1, -0.05) is 0 Å². The van der Waals surface area contributed by atoms with Gasteiger partial charge in [0.1, 0.15) is 12.2 Å². The van der Waals surface area contributed by atoms with Gasteiger partial charge in [-0.25, -0.2) is 9.36 Å². The highest BCUT2D eigenvalue weighted by molar-refractivity contribution is 7.48. The van der Waals surface area contributed by atoms with E-state index in [2.05, 4.69) is 4.98 Å². The molecule has 3 N–H and O–H groups in total. The number of H-pyrrole nitrogens is 1. The Balaban J connectivity index is 1.58. The van der Waals surface area contributed by atoms with E-state index in [4.69, 9.17) is 28.8 Å². The molecule has 2 aliphatic rings. The van der Waals surface area contributed by atoms with Crippen molar-refractivity contribution in [3.63, 3.8) is 0 Å². The number of nitrogens with one attached hydrogen (secondary N) is 1. The molecule has 2 fully saturated rings. The highest BCUT2D eigenvalue weighted by atomic mass is 31.2. The van der Waals surface area contributed by atoms with Crippen LogP contribution in [0.25, 0.3) is 0 Å². The topological polar surface area (TPSA) is 161 Å². The minimum Gasteiger partial charge on any atom is -0.463 e. The molecule has 1 aromatic rings. The molecule has 3 rings (SSSR count). The van der Waals surface area contributed by atoms with Crippen molar-refractivity contribution in [1.29, 1.82) is 0 Å². The van der Waals surface area contributed by atoms with Crippen LogP contribution in [0.2, 0.25) is 0 Å². The summed E-state index contributed by atoms with van der Waals surface area (Å²) in [7, 11) is -3.91. The number of hydrogen-bond donors (Lipinski definition) is 2. The molecular formula is C18H28N3O9P. The monoisotopic (exact) mass is 461 g/mol. The van der Waals surface area contributed by atoms with Crippen molar-refractivity contribution in [2.75, 3.05) is 13.2 Å². The molecule has 1 aromatic heterocycles. The maximum atomic E-state index is 12.9. The van der Waals surface area contributed by atoms with Gasteiger partial charge in [-0.05, 0) is 33.6 Å². The molecule has 0 aliphatic carbocycles. The average molecular weight is 461 g/mol. The lowest BCUT2D eigenvalue weighted by atomic mass is 9.93. The van der Waals surface area contributed by atoms with E-state index in [9.17, 15) is 18.9 Å². The van der Waals surface area contributed by atoms with Crippen molar-refractivity contribution < 1.29 is 32.4 Å². The van der Waals surface area contributed by atoms with Crippen molar-refractivity contribution in [2.24, 2.45) is 5.73 Å². The molecule has 12 nitrogen and oxygen atoms in total. The molecule has 0 bridgehead atoms. The van der Waals surface area contributed by atoms with Crippen LogP contribution >= 0.6 is 7.82 Å². The third-order valence-corrected chi connectivity index (χ3v) is 6.37. The summed E-state index contributed by atoms with van der Waals surface area (Å²) in [4.78, 5) is 37.1. The second-order valence-corrected chi connectivity index (χ2v) is 9.63. The number of nitrogens with zero attached hydrogens (tertiary/aromatic N) is 1. The van der Waals surface area contributed by atoms with Crippen LogP contribution in [0.15, 0.2) is 21.9 Å². The summed E-state index contributed by atoms with van der Waals surface area (Å²) in [6.07, 6.45) is -0.276. The number of carbonyl (C=O) groups is 1. The SMILES string of the molecule is CC(C)OC(=O)CCCCO[P@@]1(=O)OC[C@H]2O[C@@H](n3ccc(=O)[nH]c3=O)[C@](C)(N)[C@@H]2O1. The number of phosphoric acid groups is 1. The fourth-order valence-corrected chi connectivity index (χ4v) is 5.00. The van der Waals surface area contributed by atoms with Gasteiger partial charge in [0, 0.05) is 18.7 Å². The van der Waals surface area contributed by atoms with Crippen LogP contribution in [-0.2, 0) is 32.4 Å². The zero-order chi connectivity index (χ0) is 22.8. The van der Waals surface area contributed by atoms with Crippen LogP contribution in [0.3, 0.4) is 0 Å². The lowest BCUT2D eigenvalue weighted by molar-refractivity contribution is -0.147. The van der Waals surface area contributed by atoms with E-state index in [0.717, 1.165) is 4.57 Å². The molecule has 0 saturated carbocycles. The lowest BCUT2D eigenvalue weighted by Gasteiger charge is -2.35. The Morgan fingerprint density at radius 2 is 2.16 bits per heavy atom. The van der Waals surface area contributed by atoms with Gasteiger partial charge < -0.3 is 15.2 Å². The summed E-state index contributed by atoms with van der Waals surface area (Å²) < 4.78 is 41.1. The molecule has 2 saturated heterocycles. The van der Waals surface area contributed by atoms with E-state index in [1.54, 1.807) is 20.8 Å². The smallest absolute Gasteiger partial charge is 0.463 e. The minimum atomic E-state index is -3.91. The van der Waals surface area contributed by atoms with Gasteiger partial charge in [0.05, 0.1) is 24.9 Å². The average Bonchev–Trinajstić information content (AvgIpc) is 2.91. The van der Waals surface area contributed by atoms with Crippen LogP contribution in [0.4, 0.5) is 0 Å². The van der Waals surface area contributed by atoms with Gasteiger partial charge in [-0.2, -0.15) is 0 Å². The first-order valence-corrected chi connectivity index (χ1v) is 11.5. The Kier molecular flexibility index (Phi) is 7.19. The number of carbonyl (C=O) groups excluding carboxylic acids is 1. The second kappa shape index (κ2) is 9.35.